The highest BCUT2D eigenvalue weighted by molar-refractivity contribution is 7.99. The highest BCUT2D eigenvalue weighted by Crippen LogP contribution is 2.31. The predicted molar refractivity (Wildman–Crippen MR) is 78.7 cm³/mol. The van der Waals surface area contributed by atoms with Gasteiger partial charge in [-0.3, -0.25) is 0 Å². The molecule has 0 aromatic carbocycles. The van der Waals surface area contributed by atoms with Crippen LogP contribution in [0.15, 0.2) is 11.6 Å². The summed E-state index contributed by atoms with van der Waals surface area (Å²) < 4.78 is 0. The van der Waals surface area contributed by atoms with Crippen molar-refractivity contribution in [3.05, 3.63) is 11.6 Å². The molecule has 17 heavy (non-hydrogen) atoms. The van der Waals surface area contributed by atoms with Gasteiger partial charge in [-0.1, -0.05) is 31.4 Å². The molecule has 0 radical (unpaired) electrons. The first-order chi connectivity index (χ1) is 8.40. The molecule has 2 aliphatic carbocycles. The van der Waals surface area contributed by atoms with Crippen molar-refractivity contribution in [1.82, 2.24) is 5.32 Å². The molecule has 1 unspecified atom stereocenters. The Morgan fingerprint density at radius 1 is 1.29 bits per heavy atom. The molecule has 98 valence electrons. The van der Waals surface area contributed by atoms with Crippen LogP contribution in [0.1, 0.15) is 58.3 Å². The van der Waals surface area contributed by atoms with Crippen molar-refractivity contribution < 1.29 is 0 Å². The van der Waals surface area contributed by atoms with Gasteiger partial charge in [0.05, 0.1) is 0 Å². The van der Waals surface area contributed by atoms with Crippen molar-refractivity contribution in [2.45, 2.75) is 69.6 Å². The minimum Gasteiger partial charge on any atom is -0.310 e. The molecule has 2 heteroatoms. The maximum atomic E-state index is 3.69. The predicted octanol–water partition coefficient (Wildman–Crippen LogP) is 4.14. The van der Waals surface area contributed by atoms with Crippen molar-refractivity contribution in [1.29, 1.82) is 0 Å². The molecule has 0 aromatic heterocycles. The van der Waals surface area contributed by atoms with Crippen LogP contribution in [0, 0.1) is 0 Å². The minimum atomic E-state index is 0.658. The van der Waals surface area contributed by atoms with Gasteiger partial charge in [-0.15, -0.1) is 0 Å². The minimum absolute atomic E-state index is 0.658. The molecule has 0 heterocycles. The largest absolute Gasteiger partial charge is 0.310 e. The summed E-state index contributed by atoms with van der Waals surface area (Å²) in [4.78, 5) is 0. The summed E-state index contributed by atoms with van der Waals surface area (Å²) in [6, 6.07) is 0.658. The van der Waals surface area contributed by atoms with Crippen LogP contribution < -0.4 is 5.32 Å². The van der Waals surface area contributed by atoms with Crippen molar-refractivity contribution in [2.24, 2.45) is 0 Å². The van der Waals surface area contributed by atoms with E-state index in [2.05, 4.69) is 30.1 Å². The fraction of sp³-hybridized carbons (Fsp3) is 0.867. The summed E-state index contributed by atoms with van der Waals surface area (Å²) in [5.74, 6) is 1.30. The van der Waals surface area contributed by atoms with Gasteiger partial charge in [-0.05, 0) is 45.1 Å². The molecule has 2 aliphatic rings. The molecule has 0 aliphatic heterocycles. The number of nitrogens with one attached hydrogen (secondary N) is 1. The number of hydrogen-bond acceptors (Lipinski definition) is 2. The second kappa shape index (κ2) is 7.48. The Balaban J connectivity index is 1.80. The van der Waals surface area contributed by atoms with E-state index in [0.29, 0.717) is 6.04 Å². The van der Waals surface area contributed by atoms with Gasteiger partial charge in [0, 0.05) is 17.0 Å². The number of rotatable bonds is 6. The van der Waals surface area contributed by atoms with E-state index in [4.69, 9.17) is 0 Å². The third-order valence-electron chi connectivity index (χ3n) is 4.03. The van der Waals surface area contributed by atoms with E-state index in [9.17, 15) is 0 Å². The normalized spacial score (nSPS) is 23.7. The van der Waals surface area contributed by atoms with E-state index >= 15 is 0 Å². The Labute approximate surface area is 111 Å². The molecule has 0 amide bonds. The van der Waals surface area contributed by atoms with Crippen LogP contribution in [-0.4, -0.2) is 23.6 Å². The van der Waals surface area contributed by atoms with Gasteiger partial charge in [0.1, 0.15) is 0 Å². The second-order valence-electron chi connectivity index (χ2n) is 5.37. The third kappa shape index (κ3) is 4.33. The fourth-order valence-electron chi connectivity index (χ4n) is 3.01. The molecule has 0 bridgehead atoms. The van der Waals surface area contributed by atoms with E-state index in [0.717, 1.165) is 11.8 Å². The summed E-state index contributed by atoms with van der Waals surface area (Å²) in [7, 11) is 0. The van der Waals surface area contributed by atoms with Crippen LogP contribution >= 0.6 is 11.8 Å². The molecular formula is C15H27NS. The third-order valence-corrected chi connectivity index (χ3v) is 5.49. The fourth-order valence-corrected chi connectivity index (χ4v) is 4.47. The first kappa shape index (κ1) is 13.5. The van der Waals surface area contributed by atoms with Gasteiger partial charge >= 0.3 is 0 Å². The lowest BCUT2D eigenvalue weighted by Gasteiger charge is -2.25. The number of likely N-dealkylation sites (N-methyl/N-ethyl adjacent to an activating group) is 1. The van der Waals surface area contributed by atoms with Gasteiger partial charge in [0.2, 0.25) is 0 Å². The molecule has 2 rings (SSSR count). The first-order valence-electron chi connectivity index (χ1n) is 7.44. The highest BCUT2D eigenvalue weighted by atomic mass is 32.2. The van der Waals surface area contributed by atoms with E-state index in [1.807, 2.05) is 0 Å². The summed E-state index contributed by atoms with van der Waals surface area (Å²) in [5, 5.41) is 4.65. The monoisotopic (exact) mass is 253 g/mol. The van der Waals surface area contributed by atoms with Crippen LogP contribution in [0.4, 0.5) is 0 Å². The summed E-state index contributed by atoms with van der Waals surface area (Å²) in [5.41, 5.74) is 1.70. The molecule has 0 spiro atoms. The van der Waals surface area contributed by atoms with E-state index in [1.54, 1.807) is 5.57 Å². The zero-order valence-electron chi connectivity index (χ0n) is 11.2. The quantitative estimate of drug-likeness (QED) is 0.714. The Kier molecular flexibility index (Phi) is 5.93. The van der Waals surface area contributed by atoms with E-state index < -0.39 is 0 Å². The van der Waals surface area contributed by atoms with Crippen molar-refractivity contribution in [2.75, 3.05) is 12.3 Å². The topological polar surface area (TPSA) is 12.0 Å². The first-order valence-corrected chi connectivity index (χ1v) is 8.49. The van der Waals surface area contributed by atoms with Gasteiger partial charge in [-0.2, -0.15) is 11.8 Å². The van der Waals surface area contributed by atoms with Crippen LogP contribution in [0.2, 0.25) is 0 Å². The zero-order chi connectivity index (χ0) is 11.9. The van der Waals surface area contributed by atoms with Crippen LogP contribution in [-0.2, 0) is 0 Å². The van der Waals surface area contributed by atoms with E-state index in [-0.39, 0.29) is 0 Å². The average Bonchev–Trinajstić information content (AvgIpc) is 2.88. The second-order valence-corrected chi connectivity index (χ2v) is 6.71. The van der Waals surface area contributed by atoms with Crippen LogP contribution in [0.5, 0.6) is 0 Å². The maximum absolute atomic E-state index is 3.69. The van der Waals surface area contributed by atoms with Crippen molar-refractivity contribution in [3.63, 3.8) is 0 Å². The Morgan fingerprint density at radius 3 is 2.76 bits per heavy atom. The van der Waals surface area contributed by atoms with Crippen LogP contribution in [0.25, 0.3) is 0 Å². The molecular weight excluding hydrogens is 226 g/mol. The number of hydrogen-bond donors (Lipinski definition) is 1. The smallest absolute Gasteiger partial charge is 0.0370 e. The highest BCUT2D eigenvalue weighted by Gasteiger charge is 2.20. The number of allylic oxidation sites excluding steroid dienone is 1. The molecule has 1 saturated carbocycles. The molecule has 1 nitrogen and oxygen atoms in total. The van der Waals surface area contributed by atoms with Crippen LogP contribution in [0.3, 0.4) is 0 Å². The zero-order valence-corrected chi connectivity index (χ0v) is 12.0. The Bertz CT molecular complexity index is 243. The summed E-state index contributed by atoms with van der Waals surface area (Å²) in [6.45, 7) is 3.34. The average molecular weight is 253 g/mol. The Morgan fingerprint density at radius 2 is 2.12 bits per heavy atom. The SMILES string of the molecule is CCNC(CSC1CCCC1)C1=CCCCC1. The molecule has 0 saturated heterocycles. The Hall–Kier alpha value is 0.0500. The molecule has 1 fully saturated rings. The standard InChI is InChI=1S/C15H27NS/c1-2-16-15(13-8-4-3-5-9-13)12-17-14-10-6-7-11-14/h8,14-16H,2-7,9-12H2,1H3. The van der Waals surface area contributed by atoms with Crippen molar-refractivity contribution >= 4 is 11.8 Å². The summed E-state index contributed by atoms with van der Waals surface area (Å²) >= 11 is 2.22. The van der Waals surface area contributed by atoms with Gasteiger partial charge in [0.25, 0.3) is 0 Å². The molecule has 1 N–H and O–H groups in total. The lowest BCUT2D eigenvalue weighted by atomic mass is 9.95. The van der Waals surface area contributed by atoms with Gasteiger partial charge in [0.15, 0.2) is 0 Å². The van der Waals surface area contributed by atoms with Crippen molar-refractivity contribution in [3.8, 4) is 0 Å². The van der Waals surface area contributed by atoms with E-state index in [1.165, 1.54) is 57.1 Å². The lowest BCUT2D eigenvalue weighted by molar-refractivity contribution is 0.579. The van der Waals surface area contributed by atoms with Gasteiger partial charge < -0.3 is 5.32 Å². The maximum Gasteiger partial charge on any atom is 0.0370 e. The van der Waals surface area contributed by atoms with Gasteiger partial charge in [-0.25, -0.2) is 0 Å². The number of thioether (sulfide) groups is 1. The lowest BCUT2D eigenvalue weighted by Crippen LogP contribution is -2.34. The molecule has 0 aromatic rings. The summed E-state index contributed by atoms with van der Waals surface area (Å²) in [6.07, 6.45) is 13.8. The molecule has 1 atom stereocenters.